The van der Waals surface area contributed by atoms with Crippen LogP contribution in [0.2, 0.25) is 0 Å². The van der Waals surface area contributed by atoms with Gasteiger partial charge in [0.25, 0.3) is 0 Å². The molecule has 14 heavy (non-hydrogen) atoms. The van der Waals surface area contributed by atoms with Crippen molar-refractivity contribution in [3.63, 3.8) is 0 Å². The largest absolute Gasteiger partial charge is 0.0710 e. The summed E-state index contributed by atoms with van der Waals surface area (Å²) in [6, 6.07) is 0. The number of allylic oxidation sites excluding steroid dienone is 2. The van der Waals surface area contributed by atoms with Crippen LogP contribution in [0.1, 0.15) is 78.1 Å². The van der Waals surface area contributed by atoms with Gasteiger partial charge in [-0.1, -0.05) is 37.8 Å². The standard InChI is InChI=1S/C14H26/c1-3-5-9-13-11-7-8-12-14(13)10-6-4-2/h3-12H2,1-2H3. The van der Waals surface area contributed by atoms with Crippen molar-refractivity contribution in [2.75, 3.05) is 0 Å². The van der Waals surface area contributed by atoms with Gasteiger partial charge in [-0.15, -0.1) is 0 Å². The van der Waals surface area contributed by atoms with Crippen molar-refractivity contribution in [1.29, 1.82) is 0 Å². The second-order valence-corrected chi connectivity index (χ2v) is 4.62. The second kappa shape index (κ2) is 7.09. The lowest BCUT2D eigenvalue weighted by molar-refractivity contribution is 0.601. The van der Waals surface area contributed by atoms with Crippen molar-refractivity contribution in [2.45, 2.75) is 78.1 Å². The first kappa shape index (κ1) is 11.8. The lowest BCUT2D eigenvalue weighted by Gasteiger charge is -2.20. The van der Waals surface area contributed by atoms with E-state index in [1.54, 1.807) is 0 Å². The van der Waals surface area contributed by atoms with Crippen LogP contribution in [0.25, 0.3) is 0 Å². The third-order valence-corrected chi connectivity index (χ3v) is 3.37. The fourth-order valence-electron chi connectivity index (χ4n) is 2.41. The molecule has 0 aromatic rings. The van der Waals surface area contributed by atoms with Crippen LogP contribution >= 0.6 is 0 Å². The molecule has 0 spiro atoms. The Kier molecular flexibility index (Phi) is 5.98. The van der Waals surface area contributed by atoms with E-state index < -0.39 is 0 Å². The summed E-state index contributed by atoms with van der Waals surface area (Å²) in [7, 11) is 0. The van der Waals surface area contributed by atoms with E-state index in [1.165, 1.54) is 64.2 Å². The average molecular weight is 194 g/mol. The molecule has 0 amide bonds. The summed E-state index contributed by atoms with van der Waals surface area (Å²) in [5.74, 6) is 0. The summed E-state index contributed by atoms with van der Waals surface area (Å²) >= 11 is 0. The third kappa shape index (κ3) is 3.86. The topological polar surface area (TPSA) is 0 Å². The number of hydrogen-bond donors (Lipinski definition) is 0. The molecule has 0 aromatic heterocycles. The Morgan fingerprint density at radius 3 is 1.57 bits per heavy atom. The number of rotatable bonds is 6. The van der Waals surface area contributed by atoms with E-state index in [0.717, 1.165) is 0 Å². The van der Waals surface area contributed by atoms with Gasteiger partial charge in [-0.2, -0.15) is 0 Å². The first-order valence-corrected chi connectivity index (χ1v) is 6.58. The summed E-state index contributed by atoms with van der Waals surface area (Å²) in [4.78, 5) is 0. The maximum atomic E-state index is 2.30. The summed E-state index contributed by atoms with van der Waals surface area (Å²) in [5.41, 5.74) is 3.68. The maximum absolute atomic E-state index is 2.30. The first-order valence-electron chi connectivity index (χ1n) is 6.58. The molecule has 0 heterocycles. The van der Waals surface area contributed by atoms with Crippen molar-refractivity contribution in [2.24, 2.45) is 0 Å². The molecule has 1 rings (SSSR count). The Bertz CT molecular complexity index is 156. The van der Waals surface area contributed by atoms with Gasteiger partial charge < -0.3 is 0 Å². The highest BCUT2D eigenvalue weighted by Gasteiger charge is 2.11. The van der Waals surface area contributed by atoms with Crippen LogP contribution < -0.4 is 0 Å². The number of unbranched alkanes of at least 4 members (excludes halogenated alkanes) is 2. The van der Waals surface area contributed by atoms with Gasteiger partial charge in [0.1, 0.15) is 0 Å². The molecule has 0 aliphatic heterocycles. The normalized spacial score (nSPS) is 17.6. The van der Waals surface area contributed by atoms with Crippen molar-refractivity contribution in [3.8, 4) is 0 Å². The van der Waals surface area contributed by atoms with E-state index in [1.807, 2.05) is 11.1 Å². The van der Waals surface area contributed by atoms with Crippen LogP contribution in [0.5, 0.6) is 0 Å². The molecule has 0 unspecified atom stereocenters. The van der Waals surface area contributed by atoms with E-state index in [2.05, 4.69) is 13.8 Å². The molecule has 0 atom stereocenters. The minimum atomic E-state index is 1.35. The Balaban J connectivity index is 2.45. The Morgan fingerprint density at radius 2 is 1.21 bits per heavy atom. The SMILES string of the molecule is CCCCC1=C(CCCC)CCCC1. The fourth-order valence-corrected chi connectivity index (χ4v) is 2.41. The quantitative estimate of drug-likeness (QED) is 0.507. The lowest BCUT2D eigenvalue weighted by Crippen LogP contribution is -2.00. The summed E-state index contributed by atoms with van der Waals surface area (Å²) in [5, 5.41) is 0. The van der Waals surface area contributed by atoms with E-state index in [0.29, 0.717) is 0 Å². The van der Waals surface area contributed by atoms with Crippen molar-refractivity contribution in [3.05, 3.63) is 11.1 Å². The summed E-state index contributed by atoms with van der Waals surface area (Å²) in [6.45, 7) is 4.60. The van der Waals surface area contributed by atoms with Crippen LogP contribution in [0.15, 0.2) is 11.1 Å². The fraction of sp³-hybridized carbons (Fsp3) is 0.857. The van der Waals surface area contributed by atoms with E-state index in [4.69, 9.17) is 0 Å². The van der Waals surface area contributed by atoms with E-state index >= 15 is 0 Å². The molecule has 1 aliphatic rings. The second-order valence-electron chi connectivity index (χ2n) is 4.62. The average Bonchev–Trinajstić information content (AvgIpc) is 2.24. The minimum absolute atomic E-state index is 1.35. The van der Waals surface area contributed by atoms with Crippen molar-refractivity contribution >= 4 is 0 Å². The van der Waals surface area contributed by atoms with Gasteiger partial charge in [-0.05, 0) is 51.4 Å². The zero-order chi connectivity index (χ0) is 10.2. The molecular weight excluding hydrogens is 168 g/mol. The van der Waals surface area contributed by atoms with Gasteiger partial charge in [-0.25, -0.2) is 0 Å². The van der Waals surface area contributed by atoms with E-state index in [-0.39, 0.29) is 0 Å². The monoisotopic (exact) mass is 194 g/mol. The van der Waals surface area contributed by atoms with Crippen LogP contribution in [0.4, 0.5) is 0 Å². The van der Waals surface area contributed by atoms with Gasteiger partial charge in [0.05, 0.1) is 0 Å². The predicted molar refractivity (Wildman–Crippen MR) is 64.5 cm³/mol. The molecule has 0 N–H and O–H groups in total. The molecule has 0 aromatic carbocycles. The molecular formula is C14H26. The molecule has 0 nitrogen and oxygen atoms in total. The molecule has 0 heteroatoms. The van der Waals surface area contributed by atoms with Crippen LogP contribution in [-0.2, 0) is 0 Å². The highest BCUT2D eigenvalue weighted by atomic mass is 14.2. The lowest BCUT2D eigenvalue weighted by atomic mass is 9.86. The minimum Gasteiger partial charge on any atom is -0.0710 e. The van der Waals surface area contributed by atoms with Crippen LogP contribution in [0.3, 0.4) is 0 Å². The zero-order valence-electron chi connectivity index (χ0n) is 10.1. The molecule has 0 radical (unpaired) electrons. The smallest absolute Gasteiger partial charge is 0.0318 e. The Labute approximate surface area is 89.8 Å². The molecule has 0 bridgehead atoms. The van der Waals surface area contributed by atoms with Crippen LogP contribution in [0, 0.1) is 0 Å². The molecule has 0 saturated carbocycles. The van der Waals surface area contributed by atoms with Crippen molar-refractivity contribution < 1.29 is 0 Å². The molecule has 1 aliphatic carbocycles. The Morgan fingerprint density at radius 1 is 0.786 bits per heavy atom. The summed E-state index contributed by atoms with van der Waals surface area (Å²) in [6.07, 6.45) is 14.1. The zero-order valence-corrected chi connectivity index (χ0v) is 10.1. The van der Waals surface area contributed by atoms with Crippen LogP contribution in [-0.4, -0.2) is 0 Å². The van der Waals surface area contributed by atoms with Gasteiger partial charge in [0.15, 0.2) is 0 Å². The molecule has 0 fully saturated rings. The van der Waals surface area contributed by atoms with Gasteiger partial charge in [0.2, 0.25) is 0 Å². The van der Waals surface area contributed by atoms with E-state index in [9.17, 15) is 0 Å². The van der Waals surface area contributed by atoms with Gasteiger partial charge in [-0.3, -0.25) is 0 Å². The Hall–Kier alpha value is -0.260. The van der Waals surface area contributed by atoms with Crippen molar-refractivity contribution in [1.82, 2.24) is 0 Å². The third-order valence-electron chi connectivity index (χ3n) is 3.37. The highest BCUT2D eigenvalue weighted by molar-refractivity contribution is 5.17. The first-order chi connectivity index (χ1) is 6.88. The summed E-state index contributed by atoms with van der Waals surface area (Å²) < 4.78 is 0. The predicted octanol–water partition coefficient (Wildman–Crippen LogP) is 5.24. The molecule has 82 valence electrons. The highest BCUT2D eigenvalue weighted by Crippen LogP contribution is 2.31. The van der Waals surface area contributed by atoms with Gasteiger partial charge in [0, 0.05) is 0 Å². The van der Waals surface area contributed by atoms with Gasteiger partial charge >= 0.3 is 0 Å². The number of hydrogen-bond acceptors (Lipinski definition) is 0. The molecule has 0 saturated heterocycles. The maximum Gasteiger partial charge on any atom is -0.0318 e.